The largest absolute Gasteiger partial charge is 0.325 e. The van der Waals surface area contributed by atoms with E-state index in [2.05, 4.69) is 33.0 Å². The van der Waals surface area contributed by atoms with Crippen molar-refractivity contribution in [3.05, 3.63) is 70.8 Å². The minimum absolute atomic E-state index is 0.0702. The molecule has 0 bridgehead atoms. The number of anilines is 2. The molecule has 1 unspecified atom stereocenters. The van der Waals surface area contributed by atoms with E-state index in [1.54, 1.807) is 6.08 Å². The van der Waals surface area contributed by atoms with Crippen molar-refractivity contribution in [2.45, 2.75) is 43.7 Å². The van der Waals surface area contributed by atoms with Crippen LogP contribution in [-0.4, -0.2) is 27.3 Å². The second-order valence-electron chi connectivity index (χ2n) is 7.38. The van der Waals surface area contributed by atoms with Crippen LogP contribution in [0.2, 0.25) is 0 Å². The molecule has 0 aliphatic carbocycles. The number of rotatable bonds is 8. The Kier molecular flexibility index (Phi) is 8.19. The summed E-state index contributed by atoms with van der Waals surface area (Å²) in [5.41, 5.74) is 5.05. The summed E-state index contributed by atoms with van der Waals surface area (Å²) >= 11 is 2.61. The first-order valence-corrected chi connectivity index (χ1v) is 12.0. The van der Waals surface area contributed by atoms with Crippen LogP contribution in [0.5, 0.6) is 0 Å². The lowest BCUT2D eigenvalue weighted by Gasteiger charge is -2.17. The monoisotopic (exact) mass is 466 g/mol. The van der Waals surface area contributed by atoms with Gasteiger partial charge in [-0.05, 0) is 50.0 Å². The van der Waals surface area contributed by atoms with E-state index in [0.717, 1.165) is 22.4 Å². The molecule has 0 spiro atoms. The normalized spacial score (nSPS) is 12.0. The Bertz CT molecular complexity index is 1100. The molecule has 0 fully saturated rings. The molecule has 1 heterocycles. The topological polar surface area (TPSA) is 84.0 Å². The zero-order valence-corrected chi connectivity index (χ0v) is 20.1. The molecule has 8 heteroatoms. The lowest BCUT2D eigenvalue weighted by atomic mass is 10.0. The molecule has 2 aromatic carbocycles. The zero-order chi connectivity index (χ0) is 23.1. The van der Waals surface area contributed by atoms with Crippen LogP contribution in [0, 0.1) is 20.8 Å². The molecule has 32 heavy (non-hydrogen) atoms. The van der Waals surface area contributed by atoms with Gasteiger partial charge >= 0.3 is 0 Å². The highest BCUT2D eigenvalue weighted by molar-refractivity contribution is 8.02. The Labute approximate surface area is 196 Å². The Balaban J connectivity index is 1.60. The van der Waals surface area contributed by atoms with Crippen molar-refractivity contribution in [2.24, 2.45) is 0 Å². The summed E-state index contributed by atoms with van der Waals surface area (Å²) < 4.78 is 0.631. The van der Waals surface area contributed by atoms with Gasteiger partial charge in [-0.2, -0.15) is 0 Å². The maximum Gasteiger partial charge on any atom is 0.250 e. The number of thioether (sulfide) groups is 1. The second-order valence-corrected chi connectivity index (χ2v) is 9.81. The van der Waals surface area contributed by atoms with E-state index in [1.807, 2.05) is 58.0 Å². The zero-order valence-electron chi connectivity index (χ0n) is 18.5. The predicted molar refractivity (Wildman–Crippen MR) is 133 cm³/mol. The van der Waals surface area contributed by atoms with Crippen LogP contribution < -0.4 is 10.6 Å². The molecule has 1 aromatic heterocycles. The fraction of sp³-hybridized carbons (Fsp3) is 0.250. The van der Waals surface area contributed by atoms with Gasteiger partial charge in [0.2, 0.25) is 16.9 Å². The fourth-order valence-electron chi connectivity index (χ4n) is 3.22. The smallest absolute Gasteiger partial charge is 0.250 e. The molecule has 3 rings (SSSR count). The van der Waals surface area contributed by atoms with Crippen LogP contribution >= 0.6 is 23.1 Å². The van der Waals surface area contributed by atoms with Gasteiger partial charge in [-0.3, -0.25) is 14.9 Å². The number of benzene rings is 2. The Morgan fingerprint density at radius 3 is 2.41 bits per heavy atom. The van der Waals surface area contributed by atoms with Crippen LogP contribution in [0.1, 0.15) is 35.6 Å². The van der Waals surface area contributed by atoms with Crippen molar-refractivity contribution in [1.29, 1.82) is 0 Å². The van der Waals surface area contributed by atoms with Crippen molar-refractivity contribution >= 4 is 51.8 Å². The number of nitrogens with one attached hydrogen (secondary N) is 2. The summed E-state index contributed by atoms with van der Waals surface area (Å²) in [5.74, 6) is -0.351. The van der Waals surface area contributed by atoms with E-state index in [0.29, 0.717) is 15.9 Å². The first kappa shape index (κ1) is 23.7. The molecular weight excluding hydrogens is 440 g/mol. The Morgan fingerprint density at radius 1 is 1.06 bits per heavy atom. The van der Waals surface area contributed by atoms with Gasteiger partial charge in [0.25, 0.3) is 0 Å². The van der Waals surface area contributed by atoms with E-state index >= 15 is 0 Å². The van der Waals surface area contributed by atoms with Crippen molar-refractivity contribution in [3.8, 4) is 0 Å². The standard InChI is InChI=1S/C24H26N4O2S2/c1-5-19(22(30)26-21-16(3)13-15(2)14-17(21)4)31-24-28-27-23(32-24)25-20(29)12-11-18-9-7-6-8-10-18/h6-14,19H,5H2,1-4H3,(H,26,30)(H,25,27,29). The molecule has 1 atom stereocenters. The average molecular weight is 467 g/mol. The number of aromatic nitrogens is 2. The van der Waals surface area contributed by atoms with Gasteiger partial charge in [-0.15, -0.1) is 10.2 Å². The third kappa shape index (κ3) is 6.51. The van der Waals surface area contributed by atoms with Gasteiger partial charge in [0.1, 0.15) is 0 Å². The second kappa shape index (κ2) is 11.1. The van der Waals surface area contributed by atoms with Crippen LogP contribution in [0.15, 0.2) is 52.9 Å². The van der Waals surface area contributed by atoms with Crippen molar-refractivity contribution < 1.29 is 9.59 Å². The number of amides is 2. The minimum atomic E-state index is -0.315. The van der Waals surface area contributed by atoms with Crippen molar-refractivity contribution in [3.63, 3.8) is 0 Å². The Hall–Kier alpha value is -2.97. The van der Waals surface area contributed by atoms with Crippen LogP contribution in [0.3, 0.4) is 0 Å². The number of hydrogen-bond donors (Lipinski definition) is 2. The predicted octanol–water partition coefficient (Wildman–Crippen LogP) is 5.62. The summed E-state index contributed by atoms with van der Waals surface area (Å²) in [4.78, 5) is 25.0. The number of carbonyl (C=O) groups is 2. The van der Waals surface area contributed by atoms with Crippen LogP contribution in [-0.2, 0) is 9.59 Å². The van der Waals surface area contributed by atoms with Gasteiger partial charge in [0, 0.05) is 11.8 Å². The SMILES string of the molecule is CCC(Sc1nnc(NC(=O)C=Cc2ccccc2)s1)C(=O)Nc1c(C)cc(C)cc1C. The maximum atomic E-state index is 12.9. The van der Waals surface area contributed by atoms with Gasteiger partial charge in [0.05, 0.1) is 5.25 Å². The first-order chi connectivity index (χ1) is 15.4. The summed E-state index contributed by atoms with van der Waals surface area (Å²) in [6.45, 7) is 8.00. The van der Waals surface area contributed by atoms with Crippen molar-refractivity contribution in [2.75, 3.05) is 10.6 Å². The number of carbonyl (C=O) groups excluding carboxylic acids is 2. The van der Waals surface area contributed by atoms with Gasteiger partial charge in [-0.1, -0.05) is 78.1 Å². The molecule has 3 aromatic rings. The van der Waals surface area contributed by atoms with Crippen molar-refractivity contribution in [1.82, 2.24) is 10.2 Å². The minimum Gasteiger partial charge on any atom is -0.325 e. The summed E-state index contributed by atoms with van der Waals surface area (Å²) in [5, 5.41) is 14.0. The number of nitrogens with zero attached hydrogens (tertiary/aromatic N) is 2. The van der Waals surface area contributed by atoms with E-state index in [-0.39, 0.29) is 17.1 Å². The molecule has 0 radical (unpaired) electrons. The highest BCUT2D eigenvalue weighted by Gasteiger charge is 2.22. The fourth-order valence-corrected chi connectivity index (χ4v) is 5.14. The lowest BCUT2D eigenvalue weighted by Crippen LogP contribution is -2.25. The summed E-state index contributed by atoms with van der Waals surface area (Å²) in [6.07, 6.45) is 3.83. The third-order valence-corrected chi connectivity index (χ3v) is 6.98. The van der Waals surface area contributed by atoms with Crippen LogP contribution in [0.4, 0.5) is 10.8 Å². The van der Waals surface area contributed by atoms with E-state index in [4.69, 9.17) is 0 Å². The van der Waals surface area contributed by atoms with E-state index in [9.17, 15) is 9.59 Å². The highest BCUT2D eigenvalue weighted by Crippen LogP contribution is 2.32. The molecule has 6 nitrogen and oxygen atoms in total. The molecule has 0 aliphatic heterocycles. The maximum absolute atomic E-state index is 12.9. The molecule has 0 aliphatic rings. The molecule has 166 valence electrons. The quantitative estimate of drug-likeness (QED) is 0.256. The summed E-state index contributed by atoms with van der Waals surface area (Å²) in [7, 11) is 0. The molecule has 0 saturated carbocycles. The Morgan fingerprint density at radius 2 is 1.75 bits per heavy atom. The number of aryl methyl sites for hydroxylation is 3. The van der Waals surface area contributed by atoms with Crippen LogP contribution in [0.25, 0.3) is 6.08 Å². The first-order valence-electron chi connectivity index (χ1n) is 10.3. The molecule has 2 amide bonds. The summed E-state index contributed by atoms with van der Waals surface area (Å²) in [6, 6.07) is 13.7. The molecular formula is C24H26N4O2S2. The number of hydrogen-bond acceptors (Lipinski definition) is 6. The van der Waals surface area contributed by atoms with Gasteiger partial charge in [-0.25, -0.2) is 0 Å². The molecule has 0 saturated heterocycles. The highest BCUT2D eigenvalue weighted by atomic mass is 32.2. The average Bonchev–Trinajstić information content (AvgIpc) is 3.20. The van der Waals surface area contributed by atoms with Gasteiger partial charge < -0.3 is 5.32 Å². The van der Waals surface area contributed by atoms with E-state index in [1.165, 1.54) is 34.7 Å². The molecule has 2 N–H and O–H groups in total. The van der Waals surface area contributed by atoms with E-state index < -0.39 is 0 Å². The lowest BCUT2D eigenvalue weighted by molar-refractivity contribution is -0.115. The third-order valence-electron chi connectivity index (χ3n) is 4.69. The van der Waals surface area contributed by atoms with Gasteiger partial charge in [0.15, 0.2) is 4.34 Å².